The lowest BCUT2D eigenvalue weighted by atomic mass is 9.75. The maximum absolute atomic E-state index is 2.67. The standard InChI is InChI=1S/C37H31NS/c1-37(2)29-14-6-3-12-28(29)34-24-18-19-25-22-10-4-7-15-31(22)38(35(25)26(24)20-21-30(34)37)32-16-9-13-27-23-11-5-8-17-33(23)39-36(27)32/h3-8,11-12,15-22,29H,9-10,13-14H2,1-2H3. The van der Waals surface area contributed by atoms with Crippen molar-refractivity contribution < 1.29 is 0 Å². The summed E-state index contributed by atoms with van der Waals surface area (Å²) < 4.78 is 1.41. The average molecular weight is 522 g/mol. The number of aryl methyl sites for hydroxylation is 1. The number of hydrogen-bond donors (Lipinski definition) is 0. The number of nitrogens with zero attached hydrogens (tertiary/aromatic N) is 1. The van der Waals surface area contributed by atoms with Gasteiger partial charge >= 0.3 is 0 Å². The van der Waals surface area contributed by atoms with Crippen molar-refractivity contribution in [2.45, 2.75) is 50.9 Å². The minimum absolute atomic E-state index is 0.150. The zero-order valence-corrected chi connectivity index (χ0v) is 23.3. The largest absolute Gasteiger partial charge is 0.312 e. The van der Waals surface area contributed by atoms with E-state index in [9.17, 15) is 0 Å². The maximum Gasteiger partial charge on any atom is 0.0594 e. The number of anilines is 1. The van der Waals surface area contributed by atoms with Crippen molar-refractivity contribution >= 4 is 49.2 Å². The van der Waals surface area contributed by atoms with E-state index in [4.69, 9.17) is 0 Å². The van der Waals surface area contributed by atoms with E-state index in [1.165, 1.54) is 70.6 Å². The van der Waals surface area contributed by atoms with E-state index in [0.717, 1.165) is 25.7 Å². The molecule has 4 aliphatic carbocycles. The van der Waals surface area contributed by atoms with Gasteiger partial charge in [-0.15, -0.1) is 11.3 Å². The van der Waals surface area contributed by atoms with Gasteiger partial charge in [0.1, 0.15) is 0 Å². The summed E-state index contributed by atoms with van der Waals surface area (Å²) in [4.78, 5) is 4.13. The molecule has 2 heteroatoms. The molecule has 1 nitrogen and oxygen atoms in total. The highest BCUT2D eigenvalue weighted by molar-refractivity contribution is 7.20. The van der Waals surface area contributed by atoms with Gasteiger partial charge in [0, 0.05) is 21.7 Å². The van der Waals surface area contributed by atoms with Crippen LogP contribution in [-0.4, -0.2) is 0 Å². The van der Waals surface area contributed by atoms with E-state index in [0.29, 0.717) is 11.8 Å². The van der Waals surface area contributed by atoms with Gasteiger partial charge in [0.2, 0.25) is 0 Å². The van der Waals surface area contributed by atoms with Crippen molar-refractivity contribution in [3.63, 3.8) is 0 Å². The van der Waals surface area contributed by atoms with E-state index >= 15 is 0 Å². The lowest BCUT2D eigenvalue weighted by Gasteiger charge is -2.30. The van der Waals surface area contributed by atoms with E-state index in [-0.39, 0.29) is 5.41 Å². The predicted molar refractivity (Wildman–Crippen MR) is 167 cm³/mol. The molecule has 9 rings (SSSR count). The van der Waals surface area contributed by atoms with Crippen LogP contribution in [-0.2, 0) is 11.8 Å². The summed E-state index contributed by atoms with van der Waals surface area (Å²) in [6, 6.07) is 18.8. The average Bonchev–Trinajstić information content (AvgIpc) is 3.59. The summed E-state index contributed by atoms with van der Waals surface area (Å²) in [6.07, 6.45) is 21.0. The predicted octanol–water partition coefficient (Wildman–Crippen LogP) is 10.0. The molecule has 1 aliphatic heterocycles. The number of fused-ring (bicyclic) bond motifs is 12. The first-order valence-electron chi connectivity index (χ1n) is 14.5. The Morgan fingerprint density at radius 3 is 2.67 bits per heavy atom. The second kappa shape index (κ2) is 7.73. The van der Waals surface area contributed by atoms with Crippen molar-refractivity contribution in [3.05, 3.63) is 124 Å². The molecule has 0 N–H and O–H groups in total. The van der Waals surface area contributed by atoms with E-state index < -0.39 is 0 Å². The van der Waals surface area contributed by atoms with Crippen molar-refractivity contribution in [1.82, 2.24) is 0 Å². The van der Waals surface area contributed by atoms with Gasteiger partial charge in [-0.2, -0.15) is 0 Å². The molecule has 4 aromatic rings. The Kier molecular flexibility index (Phi) is 4.41. The Bertz CT molecular complexity index is 1900. The molecule has 2 atom stereocenters. The monoisotopic (exact) mass is 521 g/mol. The van der Waals surface area contributed by atoms with Gasteiger partial charge < -0.3 is 4.90 Å². The number of benzene rings is 3. The lowest BCUT2D eigenvalue weighted by molar-refractivity contribution is 0.415. The van der Waals surface area contributed by atoms with Crippen LogP contribution in [0.25, 0.3) is 32.1 Å². The summed E-state index contributed by atoms with van der Waals surface area (Å²) in [5.41, 5.74) is 12.0. The van der Waals surface area contributed by atoms with Crippen LogP contribution >= 0.6 is 11.3 Å². The molecule has 0 amide bonds. The van der Waals surface area contributed by atoms with Gasteiger partial charge in [-0.25, -0.2) is 0 Å². The Morgan fingerprint density at radius 1 is 0.872 bits per heavy atom. The smallest absolute Gasteiger partial charge is 0.0594 e. The Morgan fingerprint density at radius 2 is 1.72 bits per heavy atom. The van der Waals surface area contributed by atoms with Gasteiger partial charge in [0.15, 0.2) is 0 Å². The molecule has 39 heavy (non-hydrogen) atoms. The summed E-state index contributed by atoms with van der Waals surface area (Å²) in [6.45, 7) is 4.89. The quantitative estimate of drug-likeness (QED) is 0.241. The fourth-order valence-electron chi connectivity index (χ4n) is 8.26. The zero-order chi connectivity index (χ0) is 25.9. The van der Waals surface area contributed by atoms with E-state index in [1.807, 2.05) is 11.3 Å². The molecular weight excluding hydrogens is 490 g/mol. The van der Waals surface area contributed by atoms with Gasteiger partial charge in [0.05, 0.1) is 16.3 Å². The highest BCUT2D eigenvalue weighted by atomic mass is 32.1. The molecule has 3 aromatic carbocycles. The molecule has 190 valence electrons. The van der Waals surface area contributed by atoms with Crippen LogP contribution in [0, 0.1) is 5.92 Å². The Balaban J connectivity index is 1.33. The number of rotatable bonds is 1. The van der Waals surface area contributed by atoms with Crippen LogP contribution in [0.5, 0.6) is 0 Å². The third-order valence-corrected chi connectivity index (χ3v) is 11.3. The van der Waals surface area contributed by atoms with Crippen LogP contribution in [0.3, 0.4) is 0 Å². The second-order valence-corrected chi connectivity index (χ2v) is 13.4. The third-order valence-electron chi connectivity index (χ3n) is 10.1. The Hall–Kier alpha value is -3.62. The molecule has 2 unspecified atom stereocenters. The minimum atomic E-state index is 0.150. The highest BCUT2D eigenvalue weighted by Gasteiger charge is 2.45. The molecule has 0 fully saturated rings. The maximum atomic E-state index is 2.67. The molecule has 2 heterocycles. The van der Waals surface area contributed by atoms with Gasteiger partial charge in [-0.1, -0.05) is 92.8 Å². The van der Waals surface area contributed by atoms with E-state index in [2.05, 4.69) is 110 Å². The van der Waals surface area contributed by atoms with Crippen LogP contribution < -0.4 is 4.90 Å². The molecule has 0 saturated heterocycles. The normalized spacial score (nSPS) is 23.6. The highest BCUT2D eigenvalue weighted by Crippen LogP contribution is 2.59. The Labute approximate surface area is 234 Å². The first kappa shape index (κ1) is 22.2. The SMILES string of the molecule is CC1(C)c2ccc3c4c(ccc3c2C2=CC=CCC21)C1CC=CC=C1N4C1=CCCc2c1sc1ccccc21. The number of hydrogen-bond acceptors (Lipinski definition) is 2. The lowest BCUT2D eigenvalue weighted by Crippen LogP contribution is -2.23. The van der Waals surface area contributed by atoms with Crippen molar-refractivity contribution in [2.24, 2.45) is 5.92 Å². The zero-order valence-electron chi connectivity index (χ0n) is 22.5. The fourth-order valence-corrected chi connectivity index (χ4v) is 9.54. The van der Waals surface area contributed by atoms with Crippen molar-refractivity contribution in [3.8, 4) is 0 Å². The summed E-state index contributed by atoms with van der Waals surface area (Å²) in [5.74, 6) is 0.980. The molecule has 0 spiro atoms. The summed E-state index contributed by atoms with van der Waals surface area (Å²) in [5, 5.41) is 4.27. The molecule has 0 bridgehead atoms. The van der Waals surface area contributed by atoms with Crippen LogP contribution in [0.1, 0.15) is 66.2 Å². The number of allylic oxidation sites excluding steroid dienone is 9. The van der Waals surface area contributed by atoms with Crippen LogP contribution in [0.4, 0.5) is 5.69 Å². The second-order valence-electron chi connectivity index (χ2n) is 12.3. The van der Waals surface area contributed by atoms with Crippen LogP contribution in [0.2, 0.25) is 0 Å². The first-order chi connectivity index (χ1) is 19.1. The van der Waals surface area contributed by atoms with Gasteiger partial charge in [0.25, 0.3) is 0 Å². The minimum Gasteiger partial charge on any atom is -0.312 e. The summed E-state index contributed by atoms with van der Waals surface area (Å²) in [7, 11) is 0. The fraction of sp³-hybridized carbons (Fsp3) is 0.243. The molecule has 1 aromatic heterocycles. The summed E-state index contributed by atoms with van der Waals surface area (Å²) >= 11 is 1.98. The topological polar surface area (TPSA) is 3.24 Å². The molecule has 5 aliphatic rings. The van der Waals surface area contributed by atoms with Gasteiger partial charge in [-0.05, 0) is 87.8 Å². The molecule has 0 saturated carbocycles. The molecule has 0 radical (unpaired) electrons. The first-order valence-corrected chi connectivity index (χ1v) is 15.3. The molecular formula is C37H31NS. The third kappa shape index (κ3) is 2.80. The van der Waals surface area contributed by atoms with E-state index in [1.54, 1.807) is 0 Å². The van der Waals surface area contributed by atoms with Crippen molar-refractivity contribution in [2.75, 3.05) is 4.90 Å². The van der Waals surface area contributed by atoms with Gasteiger partial charge in [-0.3, -0.25) is 0 Å². The van der Waals surface area contributed by atoms with Crippen molar-refractivity contribution in [1.29, 1.82) is 0 Å². The number of thiophene rings is 1. The van der Waals surface area contributed by atoms with Crippen LogP contribution in [0.15, 0.2) is 96.8 Å².